The molecule has 1 aliphatic heterocycles. The smallest absolute Gasteiger partial charge is 0.0266 e. The quantitative estimate of drug-likeness (QED) is 0.893. The van der Waals surface area contributed by atoms with Crippen LogP contribution in [0, 0.1) is 0 Å². The molecule has 2 rings (SSSR count). The average molecular weight is 269 g/mol. The van der Waals surface area contributed by atoms with Crippen molar-refractivity contribution in [2.75, 3.05) is 20.1 Å². The van der Waals surface area contributed by atoms with E-state index in [0.717, 1.165) is 13.1 Å². The summed E-state index contributed by atoms with van der Waals surface area (Å²) < 4.78 is 1.20. The predicted molar refractivity (Wildman–Crippen MR) is 67.0 cm³/mol. The minimum atomic E-state index is 0.111. The lowest BCUT2D eigenvalue weighted by Crippen LogP contribution is -2.41. The first-order chi connectivity index (χ1) is 7.08. The number of nitrogens with two attached hydrogens (primary N) is 1. The van der Waals surface area contributed by atoms with E-state index in [-0.39, 0.29) is 6.04 Å². The summed E-state index contributed by atoms with van der Waals surface area (Å²) in [6, 6.07) is 6.61. The topological polar surface area (TPSA) is 29.3 Å². The molecule has 82 valence electrons. The fourth-order valence-corrected chi connectivity index (χ4v) is 2.77. The molecule has 1 fully saturated rings. The summed E-state index contributed by atoms with van der Waals surface area (Å²) in [4.78, 5) is 2.33. The van der Waals surface area contributed by atoms with Crippen LogP contribution in [0.3, 0.4) is 0 Å². The Morgan fingerprint density at radius 3 is 2.60 bits per heavy atom. The van der Waals surface area contributed by atoms with Crippen LogP contribution in [-0.4, -0.2) is 25.0 Å². The Balaban J connectivity index is 2.20. The van der Waals surface area contributed by atoms with Crippen molar-refractivity contribution < 1.29 is 0 Å². The van der Waals surface area contributed by atoms with Gasteiger partial charge >= 0.3 is 0 Å². The second-order valence-corrected chi connectivity index (χ2v) is 5.34. The third-order valence-corrected chi connectivity index (χ3v) is 3.74. The van der Waals surface area contributed by atoms with Crippen LogP contribution in [0.5, 0.6) is 0 Å². The zero-order chi connectivity index (χ0) is 11.0. The molecule has 2 nitrogen and oxygen atoms in total. The zero-order valence-electron chi connectivity index (χ0n) is 9.20. The fourth-order valence-electron chi connectivity index (χ4n) is 2.05. The van der Waals surface area contributed by atoms with Crippen molar-refractivity contribution in [3.8, 4) is 0 Å². The van der Waals surface area contributed by atoms with E-state index in [1.54, 1.807) is 0 Å². The fraction of sp³-hybridized carbons (Fsp3) is 0.500. The number of nitrogens with zero attached hydrogens (tertiary/aromatic N) is 1. The van der Waals surface area contributed by atoms with Gasteiger partial charge in [-0.05, 0) is 31.2 Å². The van der Waals surface area contributed by atoms with Crippen molar-refractivity contribution in [3.05, 3.63) is 33.8 Å². The van der Waals surface area contributed by atoms with Gasteiger partial charge in [0.25, 0.3) is 0 Å². The van der Waals surface area contributed by atoms with E-state index in [4.69, 9.17) is 5.73 Å². The van der Waals surface area contributed by atoms with Crippen LogP contribution in [0.25, 0.3) is 0 Å². The molecule has 0 aliphatic carbocycles. The largest absolute Gasteiger partial charge is 0.324 e. The molecule has 1 atom stereocenters. The second kappa shape index (κ2) is 4.24. The van der Waals surface area contributed by atoms with Gasteiger partial charge in [-0.2, -0.15) is 0 Å². The van der Waals surface area contributed by atoms with E-state index in [0.29, 0.717) is 5.92 Å². The number of benzene rings is 1. The van der Waals surface area contributed by atoms with Gasteiger partial charge in [-0.1, -0.05) is 28.1 Å². The van der Waals surface area contributed by atoms with E-state index < -0.39 is 0 Å². The van der Waals surface area contributed by atoms with E-state index in [1.165, 1.54) is 15.6 Å². The molecular formula is C12H17BrN2. The lowest BCUT2D eigenvalue weighted by atomic mass is 9.91. The molecule has 1 heterocycles. The molecule has 0 saturated carbocycles. The second-order valence-electron chi connectivity index (χ2n) is 4.49. The number of hydrogen-bond acceptors (Lipinski definition) is 2. The van der Waals surface area contributed by atoms with Crippen LogP contribution in [0.2, 0.25) is 0 Å². The average Bonchev–Trinajstić information content (AvgIpc) is 2.13. The van der Waals surface area contributed by atoms with Crippen LogP contribution >= 0.6 is 15.9 Å². The van der Waals surface area contributed by atoms with Crippen LogP contribution in [0.15, 0.2) is 22.7 Å². The van der Waals surface area contributed by atoms with Gasteiger partial charge in [-0.25, -0.2) is 0 Å². The molecule has 2 N–H and O–H groups in total. The van der Waals surface area contributed by atoms with Crippen LogP contribution in [0.1, 0.15) is 30.0 Å². The highest BCUT2D eigenvalue weighted by Crippen LogP contribution is 2.32. The summed E-state index contributed by atoms with van der Waals surface area (Å²) in [6.45, 7) is 4.34. The molecule has 1 aromatic carbocycles. The Bertz CT molecular complexity index is 357. The number of halogens is 1. The van der Waals surface area contributed by atoms with Gasteiger partial charge in [0.15, 0.2) is 0 Å². The zero-order valence-corrected chi connectivity index (χ0v) is 10.8. The summed E-state index contributed by atoms with van der Waals surface area (Å²) in [5, 5.41) is 0. The van der Waals surface area contributed by atoms with Crippen molar-refractivity contribution >= 4 is 15.9 Å². The van der Waals surface area contributed by atoms with Gasteiger partial charge in [0.05, 0.1) is 0 Å². The molecule has 1 unspecified atom stereocenters. The van der Waals surface area contributed by atoms with Gasteiger partial charge in [-0.15, -0.1) is 0 Å². The number of rotatable bonds is 2. The molecule has 1 aliphatic rings. The third-order valence-electron chi connectivity index (χ3n) is 3.05. The van der Waals surface area contributed by atoms with Gasteiger partial charge in [0, 0.05) is 29.5 Å². The molecule has 15 heavy (non-hydrogen) atoms. The highest BCUT2D eigenvalue weighted by molar-refractivity contribution is 9.10. The van der Waals surface area contributed by atoms with Crippen LogP contribution in [-0.2, 0) is 0 Å². The highest BCUT2D eigenvalue weighted by atomic mass is 79.9. The van der Waals surface area contributed by atoms with Gasteiger partial charge in [0.1, 0.15) is 0 Å². The lowest BCUT2D eigenvalue weighted by Gasteiger charge is -2.37. The monoisotopic (exact) mass is 268 g/mol. The normalized spacial score (nSPS) is 20.0. The summed E-state index contributed by atoms with van der Waals surface area (Å²) in [7, 11) is 2.15. The number of likely N-dealkylation sites (N-methyl/N-ethyl adjacent to an activating group) is 1. The molecule has 3 heteroatoms. The maximum Gasteiger partial charge on any atom is 0.0266 e. The minimum Gasteiger partial charge on any atom is -0.324 e. The Morgan fingerprint density at radius 2 is 2.13 bits per heavy atom. The maximum absolute atomic E-state index is 5.85. The minimum absolute atomic E-state index is 0.111. The first kappa shape index (κ1) is 11.1. The van der Waals surface area contributed by atoms with Gasteiger partial charge in [-0.3, -0.25) is 0 Å². The maximum atomic E-state index is 5.85. The van der Waals surface area contributed by atoms with Crippen molar-refractivity contribution in [3.63, 3.8) is 0 Å². The van der Waals surface area contributed by atoms with Crippen molar-refractivity contribution in [1.82, 2.24) is 4.90 Å². The Kier molecular flexibility index (Phi) is 3.14. The van der Waals surface area contributed by atoms with Gasteiger partial charge < -0.3 is 10.6 Å². The molecule has 0 radical (unpaired) electrons. The summed E-state index contributed by atoms with van der Waals surface area (Å²) in [5.74, 6) is 0.687. The number of hydrogen-bond donors (Lipinski definition) is 1. The molecule has 0 aromatic heterocycles. The van der Waals surface area contributed by atoms with Crippen LogP contribution < -0.4 is 5.73 Å². The molecule has 0 spiro atoms. The molecule has 0 amide bonds. The first-order valence-corrected chi connectivity index (χ1v) is 6.10. The SMILES string of the molecule is CC(N)c1ccc(C2CN(C)C2)c(Br)c1. The van der Waals surface area contributed by atoms with E-state index in [9.17, 15) is 0 Å². The summed E-state index contributed by atoms with van der Waals surface area (Å²) in [5.41, 5.74) is 8.46. The van der Waals surface area contributed by atoms with Crippen molar-refractivity contribution in [2.45, 2.75) is 18.9 Å². The summed E-state index contributed by atoms with van der Waals surface area (Å²) >= 11 is 3.64. The highest BCUT2D eigenvalue weighted by Gasteiger charge is 2.26. The van der Waals surface area contributed by atoms with Crippen molar-refractivity contribution in [1.29, 1.82) is 0 Å². The molecular weight excluding hydrogens is 252 g/mol. The summed E-state index contributed by atoms with van der Waals surface area (Å²) in [6.07, 6.45) is 0. The Morgan fingerprint density at radius 1 is 1.47 bits per heavy atom. The van der Waals surface area contributed by atoms with Crippen LogP contribution in [0.4, 0.5) is 0 Å². The predicted octanol–water partition coefficient (Wildman–Crippen LogP) is 2.50. The Hall–Kier alpha value is -0.380. The van der Waals surface area contributed by atoms with E-state index >= 15 is 0 Å². The first-order valence-electron chi connectivity index (χ1n) is 5.31. The number of likely N-dealkylation sites (tertiary alicyclic amines) is 1. The Labute approximate surface area is 99.6 Å². The molecule has 1 saturated heterocycles. The van der Waals surface area contributed by atoms with Crippen molar-refractivity contribution in [2.24, 2.45) is 5.73 Å². The lowest BCUT2D eigenvalue weighted by molar-refractivity contribution is 0.189. The standard InChI is InChI=1S/C12H17BrN2/c1-8(14)9-3-4-11(12(13)5-9)10-6-15(2)7-10/h3-5,8,10H,6-7,14H2,1-2H3. The molecule has 0 bridgehead atoms. The van der Waals surface area contributed by atoms with E-state index in [1.807, 2.05) is 6.92 Å². The third kappa shape index (κ3) is 2.25. The van der Waals surface area contributed by atoms with Gasteiger partial charge in [0.2, 0.25) is 0 Å². The van der Waals surface area contributed by atoms with E-state index in [2.05, 4.69) is 46.1 Å². The molecule has 1 aromatic rings.